The third-order valence-corrected chi connectivity index (χ3v) is 3.45. The maximum absolute atomic E-state index is 13.2. The number of aromatic amines is 1. The summed E-state index contributed by atoms with van der Waals surface area (Å²) in [6, 6.07) is 6.74. The monoisotopic (exact) mass is 323 g/mol. The van der Waals surface area contributed by atoms with Crippen LogP contribution in [0.15, 0.2) is 36.7 Å². The van der Waals surface area contributed by atoms with Crippen molar-refractivity contribution in [3.63, 3.8) is 0 Å². The largest absolute Gasteiger partial charge is 0.481 e. The van der Waals surface area contributed by atoms with Gasteiger partial charge in [-0.1, -0.05) is 12.1 Å². The van der Waals surface area contributed by atoms with E-state index in [1.807, 2.05) is 6.07 Å². The molecule has 120 valence electrons. The van der Waals surface area contributed by atoms with E-state index >= 15 is 0 Å². The molecule has 0 saturated carbocycles. The molecule has 5 nitrogen and oxygen atoms in total. The number of hydrogen-bond acceptors (Lipinski definition) is 2. The van der Waals surface area contributed by atoms with Crippen LogP contribution in [0.2, 0.25) is 0 Å². The maximum Gasteiger partial charge on any atom is 0.435 e. The summed E-state index contributed by atoms with van der Waals surface area (Å²) in [6.07, 6.45) is -1.98. The van der Waals surface area contributed by atoms with Gasteiger partial charge in [-0.25, -0.2) is 0 Å². The molecule has 23 heavy (non-hydrogen) atoms. The number of nitrogens with one attached hydrogen (secondary N) is 1. The summed E-state index contributed by atoms with van der Waals surface area (Å²) in [5.41, 5.74) is -0.00376. The fourth-order valence-corrected chi connectivity index (χ4v) is 2.38. The number of halogens is 3. The van der Waals surface area contributed by atoms with Crippen molar-refractivity contribution in [3.05, 3.63) is 42.4 Å². The van der Waals surface area contributed by atoms with Gasteiger partial charge in [-0.05, 0) is 23.1 Å². The Morgan fingerprint density at radius 2 is 2.09 bits per heavy atom. The van der Waals surface area contributed by atoms with Crippen molar-refractivity contribution in [2.24, 2.45) is 0 Å². The highest BCUT2D eigenvalue weighted by Gasteiger charge is 2.37. The lowest BCUT2D eigenvalue weighted by atomic mass is 10.0. The fourth-order valence-electron chi connectivity index (χ4n) is 2.38. The van der Waals surface area contributed by atoms with E-state index in [1.165, 1.54) is 6.20 Å². The van der Waals surface area contributed by atoms with E-state index in [0.29, 0.717) is 11.1 Å². The molecule has 2 N–H and O–H groups in total. The molecule has 0 atom stereocenters. The lowest BCUT2D eigenvalue weighted by Gasteiger charge is -2.06. The lowest BCUT2D eigenvalue weighted by Crippen LogP contribution is -2.10. The smallest absolute Gasteiger partial charge is 0.435 e. The average Bonchev–Trinajstić information content (AvgIpc) is 3.10. The molecule has 0 aliphatic carbocycles. The van der Waals surface area contributed by atoms with Crippen LogP contribution in [0.5, 0.6) is 0 Å². The van der Waals surface area contributed by atoms with Gasteiger partial charge >= 0.3 is 12.1 Å². The van der Waals surface area contributed by atoms with Crippen molar-refractivity contribution >= 4 is 16.9 Å². The summed E-state index contributed by atoms with van der Waals surface area (Å²) in [5, 5.41) is 13.1. The van der Waals surface area contributed by atoms with Crippen LogP contribution in [0.25, 0.3) is 22.0 Å². The Morgan fingerprint density at radius 3 is 2.78 bits per heavy atom. The first-order chi connectivity index (χ1) is 10.8. The highest BCUT2D eigenvalue weighted by molar-refractivity contribution is 5.85. The first-order valence-corrected chi connectivity index (χ1v) is 6.78. The minimum Gasteiger partial charge on any atom is -0.481 e. The van der Waals surface area contributed by atoms with Crippen LogP contribution in [0.4, 0.5) is 13.2 Å². The molecule has 0 saturated heterocycles. The fraction of sp³-hybridized carbons (Fsp3) is 0.200. The molecule has 3 aromatic rings. The normalized spacial score (nSPS) is 12.0. The Kier molecular flexibility index (Phi) is 3.59. The molecule has 8 heteroatoms. The zero-order valence-corrected chi connectivity index (χ0v) is 11.8. The first kappa shape index (κ1) is 15.1. The SMILES string of the molecule is O=C(O)CCn1cc(-c2ccc3cc[nH]c3c2)c(C(F)(F)F)n1. The van der Waals surface area contributed by atoms with Crippen LogP contribution in [-0.2, 0) is 17.5 Å². The average molecular weight is 323 g/mol. The Bertz CT molecular complexity index is 864. The molecule has 1 aromatic carbocycles. The molecule has 0 fully saturated rings. The van der Waals surface area contributed by atoms with Crippen molar-refractivity contribution in [3.8, 4) is 11.1 Å². The molecule has 0 radical (unpaired) electrons. The van der Waals surface area contributed by atoms with Crippen molar-refractivity contribution < 1.29 is 23.1 Å². The number of carbonyl (C=O) groups is 1. The molecule has 0 unspecified atom stereocenters. The van der Waals surface area contributed by atoms with Gasteiger partial charge in [0.15, 0.2) is 5.69 Å². The Morgan fingerprint density at radius 1 is 1.30 bits per heavy atom. The van der Waals surface area contributed by atoms with E-state index in [4.69, 9.17) is 5.11 Å². The molecule has 0 spiro atoms. The second kappa shape index (κ2) is 5.45. The van der Waals surface area contributed by atoms with Crippen molar-refractivity contribution in [1.29, 1.82) is 0 Å². The van der Waals surface area contributed by atoms with Gasteiger partial charge in [0.25, 0.3) is 0 Å². The highest BCUT2D eigenvalue weighted by Crippen LogP contribution is 2.36. The maximum atomic E-state index is 13.2. The van der Waals surface area contributed by atoms with Gasteiger partial charge in [-0.15, -0.1) is 0 Å². The number of aryl methyl sites for hydroxylation is 1. The van der Waals surface area contributed by atoms with Crippen molar-refractivity contribution in [2.45, 2.75) is 19.1 Å². The number of H-pyrrole nitrogens is 1. The summed E-state index contributed by atoms with van der Waals surface area (Å²) < 4.78 is 40.6. The summed E-state index contributed by atoms with van der Waals surface area (Å²) in [6.45, 7) is -0.122. The van der Waals surface area contributed by atoms with Crippen LogP contribution >= 0.6 is 0 Å². The summed E-state index contributed by atoms with van der Waals surface area (Å²) >= 11 is 0. The number of fused-ring (bicyclic) bond motifs is 1. The van der Waals surface area contributed by atoms with Crippen LogP contribution in [-0.4, -0.2) is 25.8 Å². The number of aliphatic carboxylic acids is 1. The summed E-state index contributed by atoms with van der Waals surface area (Å²) in [5.74, 6) is -1.09. The van der Waals surface area contributed by atoms with Gasteiger partial charge in [-0.3, -0.25) is 9.48 Å². The predicted molar refractivity (Wildman–Crippen MR) is 76.8 cm³/mol. The third kappa shape index (κ3) is 3.05. The van der Waals surface area contributed by atoms with Gasteiger partial charge < -0.3 is 10.1 Å². The summed E-state index contributed by atoms with van der Waals surface area (Å²) in [7, 11) is 0. The minimum atomic E-state index is -4.62. The van der Waals surface area contributed by atoms with E-state index in [1.54, 1.807) is 24.4 Å². The molecular formula is C15H12F3N3O2. The zero-order chi connectivity index (χ0) is 16.6. The van der Waals surface area contributed by atoms with Crippen LogP contribution < -0.4 is 0 Å². The van der Waals surface area contributed by atoms with Crippen molar-refractivity contribution in [2.75, 3.05) is 0 Å². The standard InChI is InChI=1S/C15H12F3N3O2/c16-15(17,18)14-11(8-21(20-14)6-4-13(22)23)10-2-1-9-3-5-19-12(9)7-10/h1-3,5,7-8,19H,4,6H2,(H,22,23). The second-order valence-electron chi connectivity index (χ2n) is 5.08. The lowest BCUT2D eigenvalue weighted by molar-refractivity contribution is -0.141. The molecular weight excluding hydrogens is 311 g/mol. The zero-order valence-electron chi connectivity index (χ0n) is 11.8. The number of hydrogen-bond donors (Lipinski definition) is 2. The van der Waals surface area contributed by atoms with E-state index in [-0.39, 0.29) is 18.5 Å². The molecule has 2 aromatic heterocycles. The van der Waals surface area contributed by atoms with Crippen molar-refractivity contribution in [1.82, 2.24) is 14.8 Å². The van der Waals surface area contributed by atoms with Gasteiger partial charge in [0.1, 0.15) is 0 Å². The van der Waals surface area contributed by atoms with Crippen LogP contribution in [0, 0.1) is 0 Å². The number of rotatable bonds is 4. The number of benzene rings is 1. The number of aromatic nitrogens is 3. The third-order valence-electron chi connectivity index (χ3n) is 3.45. The Hall–Kier alpha value is -2.77. The van der Waals surface area contributed by atoms with Gasteiger partial charge in [0.05, 0.1) is 13.0 Å². The van der Waals surface area contributed by atoms with E-state index < -0.39 is 17.8 Å². The number of carboxylic acid groups (broad SMARTS) is 1. The molecule has 3 rings (SSSR count). The van der Waals surface area contributed by atoms with Crippen LogP contribution in [0.1, 0.15) is 12.1 Å². The minimum absolute atomic E-state index is 0.0700. The van der Waals surface area contributed by atoms with Crippen LogP contribution in [0.3, 0.4) is 0 Å². The molecule has 0 bridgehead atoms. The van der Waals surface area contributed by atoms with E-state index in [2.05, 4.69) is 10.1 Å². The van der Waals surface area contributed by atoms with Gasteiger partial charge in [-0.2, -0.15) is 18.3 Å². The van der Waals surface area contributed by atoms with Gasteiger partial charge in [0.2, 0.25) is 0 Å². The molecule has 0 amide bonds. The molecule has 0 aliphatic heterocycles. The van der Waals surface area contributed by atoms with Gasteiger partial charge in [0, 0.05) is 23.5 Å². The van der Waals surface area contributed by atoms with E-state index in [0.717, 1.165) is 10.1 Å². The molecule has 0 aliphatic rings. The number of nitrogens with zero attached hydrogens (tertiary/aromatic N) is 2. The quantitative estimate of drug-likeness (QED) is 0.771. The first-order valence-electron chi connectivity index (χ1n) is 6.78. The topological polar surface area (TPSA) is 70.9 Å². The molecule has 2 heterocycles. The second-order valence-corrected chi connectivity index (χ2v) is 5.08. The summed E-state index contributed by atoms with van der Waals surface area (Å²) in [4.78, 5) is 13.5. The number of carboxylic acids is 1. The predicted octanol–water partition coefficient (Wildman–Crippen LogP) is 3.52. The Labute approximate surface area is 128 Å². The highest BCUT2D eigenvalue weighted by atomic mass is 19.4. The number of alkyl halides is 3. The van der Waals surface area contributed by atoms with E-state index in [9.17, 15) is 18.0 Å². The Balaban J connectivity index is 2.06.